The molecule has 3 heterocycles. The number of fused-ring (bicyclic) bond motifs is 1. The van der Waals surface area contributed by atoms with E-state index >= 15 is 0 Å². The van der Waals surface area contributed by atoms with Gasteiger partial charge in [-0.3, -0.25) is 4.90 Å². The molecular weight excluding hydrogens is 284 g/mol. The van der Waals surface area contributed by atoms with Gasteiger partial charge in [0, 0.05) is 31.2 Å². The Hall–Kier alpha value is -2.33. The van der Waals surface area contributed by atoms with E-state index in [4.69, 9.17) is 0 Å². The first-order chi connectivity index (χ1) is 11.4. The molecule has 2 aromatic heterocycles. The Morgan fingerprint density at radius 2 is 2.04 bits per heavy atom. The van der Waals surface area contributed by atoms with Gasteiger partial charge >= 0.3 is 0 Å². The van der Waals surface area contributed by atoms with E-state index in [-0.39, 0.29) is 0 Å². The molecule has 1 fully saturated rings. The van der Waals surface area contributed by atoms with Crippen molar-refractivity contribution in [1.82, 2.24) is 14.9 Å². The van der Waals surface area contributed by atoms with Gasteiger partial charge in [0.25, 0.3) is 0 Å². The number of aromatic nitrogens is 2. The van der Waals surface area contributed by atoms with Crippen molar-refractivity contribution in [3.63, 3.8) is 0 Å². The van der Waals surface area contributed by atoms with Crippen molar-refractivity contribution in [2.45, 2.75) is 13.0 Å². The molecule has 1 atom stereocenters. The molecule has 0 radical (unpaired) electrons. The van der Waals surface area contributed by atoms with Crippen LogP contribution in [0.25, 0.3) is 11.0 Å². The van der Waals surface area contributed by atoms with E-state index in [1.165, 1.54) is 18.5 Å². The lowest BCUT2D eigenvalue weighted by Gasteiger charge is -2.16. The van der Waals surface area contributed by atoms with Gasteiger partial charge in [-0.2, -0.15) is 0 Å². The molecule has 1 aliphatic heterocycles. The first-order valence-electron chi connectivity index (χ1n) is 8.31. The second-order valence-electron chi connectivity index (χ2n) is 6.37. The fraction of sp³-hybridized carbons (Fsp3) is 0.316. The van der Waals surface area contributed by atoms with E-state index < -0.39 is 0 Å². The third-order valence-electron chi connectivity index (χ3n) is 4.60. The number of nitrogens with zero attached hydrogens (tertiary/aromatic N) is 2. The molecule has 1 aromatic carbocycles. The number of hydrogen-bond donors (Lipinski definition) is 2. The number of hydrogen-bond acceptors (Lipinski definition) is 3. The van der Waals surface area contributed by atoms with Crippen LogP contribution in [0.2, 0.25) is 0 Å². The smallest absolute Gasteiger partial charge is 0.139 e. The Bertz CT molecular complexity index is 765. The highest BCUT2D eigenvalue weighted by molar-refractivity contribution is 5.77. The fourth-order valence-corrected chi connectivity index (χ4v) is 3.34. The summed E-state index contributed by atoms with van der Waals surface area (Å²) in [6.45, 7) is 4.39. The van der Waals surface area contributed by atoms with Crippen LogP contribution in [0.1, 0.15) is 12.0 Å². The lowest BCUT2D eigenvalue weighted by molar-refractivity contribution is 0.319. The van der Waals surface area contributed by atoms with Crippen LogP contribution in [0.4, 0.5) is 5.82 Å². The van der Waals surface area contributed by atoms with Gasteiger partial charge in [0.2, 0.25) is 0 Å². The Morgan fingerprint density at radius 1 is 1.13 bits per heavy atom. The summed E-state index contributed by atoms with van der Waals surface area (Å²) in [5, 5.41) is 4.65. The standard InChI is InChI=1S/C19H22N4/c1-2-4-15(5-3-1)13-23-11-9-16(14-23)12-21-18-7-6-17-8-10-20-19(17)22-18/h1-8,10,16H,9,11-14H2,(H2,20,21,22). The number of aromatic amines is 1. The Balaban J connectivity index is 1.30. The van der Waals surface area contributed by atoms with Crippen LogP contribution in [0, 0.1) is 5.92 Å². The van der Waals surface area contributed by atoms with E-state index in [1.54, 1.807) is 0 Å². The summed E-state index contributed by atoms with van der Waals surface area (Å²) in [6, 6.07) is 16.9. The Morgan fingerprint density at radius 3 is 2.96 bits per heavy atom. The molecule has 1 aliphatic rings. The second-order valence-corrected chi connectivity index (χ2v) is 6.37. The lowest BCUT2D eigenvalue weighted by atomic mass is 10.1. The van der Waals surface area contributed by atoms with Crippen LogP contribution in [-0.2, 0) is 6.54 Å². The van der Waals surface area contributed by atoms with Crippen LogP contribution in [0.15, 0.2) is 54.7 Å². The number of H-pyrrole nitrogens is 1. The maximum absolute atomic E-state index is 4.60. The van der Waals surface area contributed by atoms with Gasteiger partial charge in [-0.1, -0.05) is 30.3 Å². The molecule has 118 valence electrons. The monoisotopic (exact) mass is 306 g/mol. The fourth-order valence-electron chi connectivity index (χ4n) is 3.34. The molecule has 2 N–H and O–H groups in total. The van der Waals surface area contributed by atoms with Gasteiger partial charge in [0.05, 0.1) is 0 Å². The van der Waals surface area contributed by atoms with E-state index in [9.17, 15) is 0 Å². The molecular formula is C19H22N4. The van der Waals surface area contributed by atoms with Crippen LogP contribution in [0.5, 0.6) is 0 Å². The van der Waals surface area contributed by atoms with Gasteiger partial charge in [0.1, 0.15) is 11.5 Å². The third-order valence-corrected chi connectivity index (χ3v) is 4.60. The normalized spacial score (nSPS) is 18.5. The predicted octanol–water partition coefficient (Wildman–Crippen LogP) is 3.50. The highest BCUT2D eigenvalue weighted by atomic mass is 15.2. The Kier molecular flexibility index (Phi) is 3.99. The zero-order valence-corrected chi connectivity index (χ0v) is 13.2. The highest BCUT2D eigenvalue weighted by Crippen LogP contribution is 2.20. The highest BCUT2D eigenvalue weighted by Gasteiger charge is 2.22. The van der Waals surface area contributed by atoms with Crippen molar-refractivity contribution in [2.75, 3.05) is 25.0 Å². The Labute approximate surface area is 136 Å². The van der Waals surface area contributed by atoms with Crippen molar-refractivity contribution in [1.29, 1.82) is 0 Å². The van der Waals surface area contributed by atoms with Gasteiger partial charge in [0.15, 0.2) is 0 Å². The molecule has 4 nitrogen and oxygen atoms in total. The van der Waals surface area contributed by atoms with Crippen molar-refractivity contribution in [3.05, 3.63) is 60.3 Å². The average molecular weight is 306 g/mol. The molecule has 1 saturated heterocycles. The van der Waals surface area contributed by atoms with Crippen molar-refractivity contribution in [3.8, 4) is 0 Å². The summed E-state index contributed by atoms with van der Waals surface area (Å²) in [5.41, 5.74) is 2.35. The number of rotatable bonds is 5. The summed E-state index contributed by atoms with van der Waals surface area (Å²) in [7, 11) is 0. The molecule has 1 unspecified atom stereocenters. The van der Waals surface area contributed by atoms with Gasteiger partial charge < -0.3 is 10.3 Å². The average Bonchev–Trinajstić information content (AvgIpc) is 3.22. The van der Waals surface area contributed by atoms with Crippen LogP contribution >= 0.6 is 0 Å². The largest absolute Gasteiger partial charge is 0.370 e. The van der Waals surface area contributed by atoms with E-state index in [2.05, 4.69) is 62.6 Å². The number of benzene rings is 1. The first-order valence-corrected chi connectivity index (χ1v) is 8.31. The van der Waals surface area contributed by atoms with Crippen molar-refractivity contribution in [2.24, 2.45) is 5.92 Å². The minimum absolute atomic E-state index is 0.694. The summed E-state index contributed by atoms with van der Waals surface area (Å²) in [6.07, 6.45) is 3.18. The zero-order chi connectivity index (χ0) is 15.5. The predicted molar refractivity (Wildman–Crippen MR) is 94.4 cm³/mol. The summed E-state index contributed by atoms with van der Waals surface area (Å²) in [5.74, 6) is 1.65. The second kappa shape index (κ2) is 6.42. The number of likely N-dealkylation sites (tertiary alicyclic amines) is 1. The molecule has 23 heavy (non-hydrogen) atoms. The number of pyridine rings is 1. The van der Waals surface area contributed by atoms with Gasteiger partial charge in [-0.05, 0) is 42.6 Å². The van der Waals surface area contributed by atoms with E-state index in [1.807, 2.05) is 12.3 Å². The topological polar surface area (TPSA) is 44.0 Å². The zero-order valence-electron chi connectivity index (χ0n) is 13.2. The summed E-state index contributed by atoms with van der Waals surface area (Å²) in [4.78, 5) is 10.3. The molecule has 4 rings (SSSR count). The molecule has 4 heteroatoms. The summed E-state index contributed by atoms with van der Waals surface area (Å²) >= 11 is 0. The number of nitrogens with one attached hydrogen (secondary N) is 2. The number of anilines is 1. The van der Waals surface area contributed by atoms with Crippen molar-refractivity contribution < 1.29 is 0 Å². The first kappa shape index (κ1) is 14.3. The molecule has 0 amide bonds. The van der Waals surface area contributed by atoms with E-state index in [0.717, 1.165) is 36.5 Å². The molecule has 0 saturated carbocycles. The van der Waals surface area contributed by atoms with Gasteiger partial charge in [-0.15, -0.1) is 0 Å². The minimum atomic E-state index is 0.694. The van der Waals surface area contributed by atoms with Crippen LogP contribution in [0.3, 0.4) is 0 Å². The van der Waals surface area contributed by atoms with Crippen LogP contribution < -0.4 is 5.32 Å². The lowest BCUT2D eigenvalue weighted by Crippen LogP contribution is -2.22. The maximum atomic E-state index is 4.60. The van der Waals surface area contributed by atoms with Gasteiger partial charge in [-0.25, -0.2) is 4.98 Å². The molecule has 3 aromatic rings. The molecule has 0 spiro atoms. The van der Waals surface area contributed by atoms with E-state index in [0.29, 0.717) is 5.92 Å². The molecule has 0 aliphatic carbocycles. The minimum Gasteiger partial charge on any atom is -0.370 e. The quantitative estimate of drug-likeness (QED) is 0.758. The third kappa shape index (κ3) is 3.37. The van der Waals surface area contributed by atoms with Crippen LogP contribution in [-0.4, -0.2) is 34.5 Å². The maximum Gasteiger partial charge on any atom is 0.139 e. The summed E-state index contributed by atoms with van der Waals surface area (Å²) < 4.78 is 0. The molecule has 0 bridgehead atoms. The van der Waals surface area contributed by atoms with Crippen molar-refractivity contribution >= 4 is 16.9 Å². The SMILES string of the molecule is c1ccc(CN2CCC(CNc3ccc4cc[nH]c4n3)C2)cc1.